The summed E-state index contributed by atoms with van der Waals surface area (Å²) in [6.45, 7) is 4.86. The lowest BCUT2D eigenvalue weighted by Gasteiger charge is -2.27. The van der Waals surface area contributed by atoms with Crippen molar-refractivity contribution in [1.29, 1.82) is 0 Å². The molecule has 1 fully saturated rings. The molecule has 1 atom stereocenters. The van der Waals surface area contributed by atoms with Crippen molar-refractivity contribution < 1.29 is 0 Å². The average molecular weight is 387 g/mol. The van der Waals surface area contributed by atoms with E-state index in [9.17, 15) is 0 Å². The van der Waals surface area contributed by atoms with E-state index in [4.69, 9.17) is 11.6 Å². The fourth-order valence-electron chi connectivity index (χ4n) is 4.06. The van der Waals surface area contributed by atoms with Crippen molar-refractivity contribution in [2.45, 2.75) is 47.9 Å². The second-order valence-corrected chi connectivity index (χ2v) is 8.88. The molecule has 2 nitrogen and oxygen atoms in total. The van der Waals surface area contributed by atoms with E-state index in [2.05, 4.69) is 46.6 Å². The summed E-state index contributed by atoms with van der Waals surface area (Å²) in [5.74, 6) is 0. The van der Waals surface area contributed by atoms with Crippen LogP contribution in [0.1, 0.15) is 42.9 Å². The van der Waals surface area contributed by atoms with E-state index in [-0.39, 0.29) is 0 Å². The maximum Gasteiger partial charge on any atom is 0.0409 e. The van der Waals surface area contributed by atoms with Crippen LogP contribution in [0.15, 0.2) is 52.3 Å². The quantitative estimate of drug-likeness (QED) is 0.678. The van der Waals surface area contributed by atoms with Gasteiger partial charge in [-0.05, 0) is 87.3 Å². The van der Waals surface area contributed by atoms with Crippen molar-refractivity contribution >= 4 is 23.4 Å². The van der Waals surface area contributed by atoms with Crippen molar-refractivity contribution in [3.63, 3.8) is 0 Å². The molecule has 0 saturated carbocycles. The number of likely N-dealkylation sites (tertiary alicyclic amines) is 1. The second-order valence-electron chi connectivity index (χ2n) is 7.36. The molecule has 4 rings (SSSR count). The summed E-state index contributed by atoms with van der Waals surface area (Å²) in [5, 5.41) is 4.67. The van der Waals surface area contributed by atoms with Crippen molar-refractivity contribution in [3.05, 3.63) is 58.6 Å². The standard InChI is InChI=1S/C22H27ClN2S/c23-18-9-10-21-17(15-18)16-20(19-7-2-3-8-22(19)26-21)24-11-6-14-25-12-4-1-5-13-25/h2-3,7-10,15,20,24H,1,4-6,11-14,16H2. The zero-order chi connectivity index (χ0) is 17.8. The van der Waals surface area contributed by atoms with Gasteiger partial charge in [-0.3, -0.25) is 0 Å². The number of hydrogen-bond donors (Lipinski definition) is 1. The van der Waals surface area contributed by atoms with Crippen molar-refractivity contribution in [2.24, 2.45) is 0 Å². The van der Waals surface area contributed by atoms with Gasteiger partial charge < -0.3 is 10.2 Å². The van der Waals surface area contributed by atoms with Crippen LogP contribution in [-0.2, 0) is 6.42 Å². The van der Waals surface area contributed by atoms with E-state index in [1.165, 1.54) is 66.2 Å². The summed E-state index contributed by atoms with van der Waals surface area (Å²) in [7, 11) is 0. The topological polar surface area (TPSA) is 15.3 Å². The molecular weight excluding hydrogens is 360 g/mol. The highest BCUT2D eigenvalue weighted by Gasteiger charge is 2.22. The number of piperidine rings is 1. The molecule has 0 amide bonds. The Balaban J connectivity index is 1.43. The fraction of sp³-hybridized carbons (Fsp3) is 0.455. The number of benzene rings is 2. The Morgan fingerprint density at radius 2 is 1.88 bits per heavy atom. The van der Waals surface area contributed by atoms with Gasteiger partial charge in [0.1, 0.15) is 0 Å². The Hall–Kier alpha value is -1.00. The summed E-state index contributed by atoms with van der Waals surface area (Å²) >= 11 is 8.14. The van der Waals surface area contributed by atoms with Gasteiger partial charge in [0.2, 0.25) is 0 Å². The number of nitrogens with one attached hydrogen (secondary N) is 1. The van der Waals surface area contributed by atoms with Crippen LogP contribution in [0.5, 0.6) is 0 Å². The molecule has 26 heavy (non-hydrogen) atoms. The highest BCUT2D eigenvalue weighted by molar-refractivity contribution is 7.99. The Kier molecular flexibility index (Phi) is 6.21. The molecule has 0 spiro atoms. The average Bonchev–Trinajstić information content (AvgIpc) is 2.82. The summed E-state index contributed by atoms with van der Waals surface area (Å²) < 4.78 is 0. The third kappa shape index (κ3) is 4.45. The predicted molar refractivity (Wildman–Crippen MR) is 111 cm³/mol. The molecule has 4 heteroatoms. The third-order valence-corrected chi connectivity index (χ3v) is 6.90. The number of hydrogen-bond acceptors (Lipinski definition) is 3. The predicted octanol–water partition coefficient (Wildman–Crippen LogP) is 5.55. The molecule has 2 aliphatic heterocycles. The second kappa shape index (κ2) is 8.79. The Morgan fingerprint density at radius 1 is 1.04 bits per heavy atom. The van der Waals surface area contributed by atoms with Gasteiger partial charge in [0.05, 0.1) is 0 Å². The Morgan fingerprint density at radius 3 is 2.77 bits per heavy atom. The third-order valence-electron chi connectivity index (χ3n) is 5.45. The molecule has 0 radical (unpaired) electrons. The van der Waals surface area contributed by atoms with Gasteiger partial charge in [0.15, 0.2) is 0 Å². The molecule has 2 aromatic carbocycles. The summed E-state index contributed by atoms with van der Waals surface area (Å²) in [6, 6.07) is 15.5. The van der Waals surface area contributed by atoms with Crippen molar-refractivity contribution in [3.8, 4) is 0 Å². The first-order valence-corrected chi connectivity index (χ1v) is 11.0. The minimum Gasteiger partial charge on any atom is -0.310 e. The van der Waals surface area contributed by atoms with E-state index < -0.39 is 0 Å². The van der Waals surface area contributed by atoms with Crippen LogP contribution in [0, 0.1) is 0 Å². The van der Waals surface area contributed by atoms with Gasteiger partial charge in [-0.2, -0.15) is 0 Å². The van der Waals surface area contributed by atoms with Crippen LogP contribution >= 0.6 is 23.4 Å². The fourth-order valence-corrected chi connectivity index (χ4v) is 5.38. The van der Waals surface area contributed by atoms with E-state index in [0.717, 1.165) is 18.0 Å². The van der Waals surface area contributed by atoms with Crippen LogP contribution in [0.25, 0.3) is 0 Å². The molecule has 2 aliphatic rings. The molecule has 1 N–H and O–H groups in total. The number of rotatable bonds is 5. The number of nitrogens with zero attached hydrogens (tertiary/aromatic N) is 1. The maximum atomic E-state index is 6.27. The summed E-state index contributed by atoms with van der Waals surface area (Å²) in [4.78, 5) is 5.32. The molecule has 0 bridgehead atoms. The van der Waals surface area contributed by atoms with Crippen LogP contribution < -0.4 is 5.32 Å². The van der Waals surface area contributed by atoms with Crippen LogP contribution in [0.4, 0.5) is 0 Å². The lowest BCUT2D eigenvalue weighted by molar-refractivity contribution is 0.224. The van der Waals surface area contributed by atoms with Gasteiger partial charge in [-0.15, -0.1) is 0 Å². The molecule has 138 valence electrons. The summed E-state index contributed by atoms with van der Waals surface area (Å²) in [6.07, 6.45) is 6.38. The van der Waals surface area contributed by atoms with Crippen LogP contribution in [0.3, 0.4) is 0 Å². The van der Waals surface area contributed by atoms with Gasteiger partial charge in [-0.25, -0.2) is 0 Å². The zero-order valence-corrected chi connectivity index (χ0v) is 16.8. The van der Waals surface area contributed by atoms with Gasteiger partial charge in [0, 0.05) is 20.9 Å². The molecule has 2 aromatic rings. The number of fused-ring (bicyclic) bond motifs is 2. The molecule has 2 heterocycles. The van der Waals surface area contributed by atoms with Crippen LogP contribution in [-0.4, -0.2) is 31.1 Å². The number of halogens is 1. The maximum absolute atomic E-state index is 6.27. The molecule has 1 unspecified atom stereocenters. The minimum absolute atomic E-state index is 0.361. The minimum atomic E-state index is 0.361. The SMILES string of the molecule is Clc1ccc2c(c1)CC(NCCCN1CCCCC1)c1ccccc1S2. The van der Waals surface area contributed by atoms with E-state index >= 15 is 0 Å². The lowest BCUT2D eigenvalue weighted by atomic mass is 9.98. The normalized spacial score (nSPS) is 20.3. The first-order valence-electron chi connectivity index (χ1n) is 9.80. The molecule has 0 aliphatic carbocycles. The van der Waals surface area contributed by atoms with Crippen molar-refractivity contribution in [2.75, 3.05) is 26.2 Å². The first kappa shape index (κ1) is 18.4. The Labute approximate surface area is 166 Å². The smallest absolute Gasteiger partial charge is 0.0409 e. The highest BCUT2D eigenvalue weighted by atomic mass is 35.5. The van der Waals surface area contributed by atoms with Crippen molar-refractivity contribution in [1.82, 2.24) is 10.2 Å². The molecule has 0 aromatic heterocycles. The Bertz CT molecular complexity index is 743. The van der Waals surface area contributed by atoms with E-state index in [0.29, 0.717) is 6.04 Å². The largest absolute Gasteiger partial charge is 0.310 e. The summed E-state index contributed by atoms with van der Waals surface area (Å²) in [5.41, 5.74) is 2.77. The van der Waals surface area contributed by atoms with E-state index in [1.807, 2.05) is 17.8 Å². The lowest BCUT2D eigenvalue weighted by Crippen LogP contribution is -2.33. The van der Waals surface area contributed by atoms with Gasteiger partial charge in [0.25, 0.3) is 0 Å². The zero-order valence-electron chi connectivity index (χ0n) is 15.2. The van der Waals surface area contributed by atoms with E-state index in [1.54, 1.807) is 0 Å². The van der Waals surface area contributed by atoms with Gasteiger partial charge in [-0.1, -0.05) is 48.0 Å². The highest BCUT2D eigenvalue weighted by Crippen LogP contribution is 2.41. The first-order chi connectivity index (χ1) is 12.8. The molecule has 1 saturated heterocycles. The molecular formula is C22H27ClN2S. The monoisotopic (exact) mass is 386 g/mol. The van der Waals surface area contributed by atoms with Gasteiger partial charge >= 0.3 is 0 Å². The van der Waals surface area contributed by atoms with Crippen LogP contribution in [0.2, 0.25) is 5.02 Å².